The highest BCUT2D eigenvalue weighted by molar-refractivity contribution is 5.33. The zero-order chi connectivity index (χ0) is 15.6. The van der Waals surface area contributed by atoms with E-state index in [1.165, 1.54) is 12.2 Å². The summed E-state index contributed by atoms with van der Waals surface area (Å²) in [5.41, 5.74) is 1.68. The molecule has 116 valence electrons. The Morgan fingerprint density at radius 2 is 2.10 bits per heavy atom. The first-order chi connectivity index (χ1) is 9.84. The first kappa shape index (κ1) is 15.9. The molecule has 0 aromatic carbocycles. The van der Waals surface area contributed by atoms with E-state index in [0.717, 1.165) is 31.9 Å². The Morgan fingerprint density at radius 1 is 1.38 bits per heavy atom. The predicted octanol–water partition coefficient (Wildman–Crippen LogP) is 5.14. The third kappa shape index (κ3) is 3.42. The minimum atomic E-state index is -2.75. The van der Waals surface area contributed by atoms with Gasteiger partial charge >= 0.3 is 0 Å². The molecule has 21 heavy (non-hydrogen) atoms. The van der Waals surface area contributed by atoms with Crippen molar-refractivity contribution in [3.05, 3.63) is 47.5 Å². The van der Waals surface area contributed by atoms with Gasteiger partial charge in [0.1, 0.15) is 5.83 Å². The molecule has 0 N–H and O–H groups in total. The van der Waals surface area contributed by atoms with E-state index in [4.69, 9.17) is 0 Å². The Bertz CT molecular complexity index is 509. The molecule has 2 aliphatic rings. The normalized spacial score (nSPS) is 24.0. The first-order valence-corrected chi connectivity index (χ1v) is 7.40. The van der Waals surface area contributed by atoms with Crippen molar-refractivity contribution in [2.45, 2.75) is 51.5 Å². The maximum absolute atomic E-state index is 13.7. The third-order valence-corrected chi connectivity index (χ3v) is 4.30. The van der Waals surface area contributed by atoms with E-state index < -0.39 is 5.92 Å². The third-order valence-electron chi connectivity index (χ3n) is 4.30. The van der Waals surface area contributed by atoms with Gasteiger partial charge in [-0.3, -0.25) is 0 Å². The van der Waals surface area contributed by atoms with Crippen molar-refractivity contribution in [1.82, 2.24) is 4.90 Å². The summed E-state index contributed by atoms with van der Waals surface area (Å²) < 4.78 is 40.3. The summed E-state index contributed by atoms with van der Waals surface area (Å²) >= 11 is 0. The van der Waals surface area contributed by atoms with Crippen molar-refractivity contribution in [1.29, 1.82) is 0 Å². The fraction of sp³-hybridized carbons (Fsp3) is 0.529. The van der Waals surface area contributed by atoms with Crippen molar-refractivity contribution in [2.24, 2.45) is 0 Å². The van der Waals surface area contributed by atoms with Crippen molar-refractivity contribution >= 4 is 0 Å². The Labute approximate surface area is 124 Å². The van der Waals surface area contributed by atoms with Crippen LogP contribution in [0.4, 0.5) is 13.2 Å². The molecule has 1 aliphatic carbocycles. The second kappa shape index (κ2) is 6.12. The summed E-state index contributed by atoms with van der Waals surface area (Å²) in [4.78, 5) is 1.96. The van der Waals surface area contributed by atoms with Gasteiger partial charge in [0.25, 0.3) is 5.92 Å². The van der Waals surface area contributed by atoms with E-state index >= 15 is 0 Å². The van der Waals surface area contributed by atoms with Crippen LogP contribution in [0.3, 0.4) is 0 Å². The standard InChI is InChI=1S/C17H22F3N/c1-4-15(18)12(2)21-11-5-6-16(21)13-7-9-14(10-8-13)17(3,19)20/h4,7,9,16H,2,5-6,8,10-11H2,1,3H3/b15-4+. The van der Waals surface area contributed by atoms with Crippen molar-refractivity contribution in [3.63, 3.8) is 0 Å². The molecule has 1 nitrogen and oxygen atoms in total. The maximum atomic E-state index is 13.7. The number of halogens is 3. The molecule has 1 unspecified atom stereocenters. The van der Waals surface area contributed by atoms with Crippen LogP contribution in [-0.2, 0) is 0 Å². The molecule has 0 aromatic rings. The average Bonchev–Trinajstić information content (AvgIpc) is 2.94. The Hall–Kier alpha value is -1.45. The SMILES string of the molecule is C=C(/C(F)=C\C)N1CCCC1C1=CC=C(C(C)(F)F)CC1. The quantitative estimate of drug-likeness (QED) is 0.649. The van der Waals surface area contributed by atoms with Crippen LogP contribution >= 0.6 is 0 Å². The molecule has 1 heterocycles. The molecule has 0 radical (unpaired) electrons. The summed E-state index contributed by atoms with van der Waals surface area (Å²) in [5.74, 6) is -3.06. The van der Waals surface area contributed by atoms with Crippen LogP contribution in [0.25, 0.3) is 0 Å². The van der Waals surface area contributed by atoms with Crippen LogP contribution in [0, 0.1) is 0 Å². The lowest BCUT2D eigenvalue weighted by atomic mass is 9.90. The van der Waals surface area contributed by atoms with E-state index in [1.807, 2.05) is 4.90 Å². The molecule has 0 amide bonds. The fourth-order valence-electron chi connectivity index (χ4n) is 3.08. The Kier molecular flexibility index (Phi) is 4.64. The van der Waals surface area contributed by atoms with Crippen molar-refractivity contribution < 1.29 is 13.2 Å². The van der Waals surface area contributed by atoms with Gasteiger partial charge in [0, 0.05) is 13.5 Å². The lowest BCUT2D eigenvalue weighted by molar-refractivity contribution is 0.0592. The Morgan fingerprint density at radius 3 is 2.62 bits per heavy atom. The summed E-state index contributed by atoms with van der Waals surface area (Å²) in [6.07, 6.45) is 7.61. The number of alkyl halides is 2. The van der Waals surface area contributed by atoms with Gasteiger partial charge in [-0.05, 0) is 49.8 Å². The molecular formula is C17H22F3N. The van der Waals surface area contributed by atoms with Gasteiger partial charge in [0.05, 0.1) is 11.7 Å². The lowest BCUT2D eigenvalue weighted by Crippen LogP contribution is -2.31. The van der Waals surface area contributed by atoms with Gasteiger partial charge in [0.2, 0.25) is 0 Å². The first-order valence-electron chi connectivity index (χ1n) is 7.40. The molecule has 2 rings (SSSR count). The topological polar surface area (TPSA) is 3.24 Å². The largest absolute Gasteiger partial charge is 0.363 e. The minimum Gasteiger partial charge on any atom is -0.363 e. The monoisotopic (exact) mass is 297 g/mol. The van der Waals surface area contributed by atoms with E-state index in [9.17, 15) is 13.2 Å². The summed E-state index contributed by atoms with van der Waals surface area (Å²) in [5, 5.41) is 0. The number of nitrogens with zero attached hydrogens (tertiary/aromatic N) is 1. The summed E-state index contributed by atoms with van der Waals surface area (Å²) in [7, 11) is 0. The van der Waals surface area contributed by atoms with Crippen LogP contribution < -0.4 is 0 Å². The molecule has 1 aliphatic heterocycles. The van der Waals surface area contributed by atoms with E-state index in [-0.39, 0.29) is 17.4 Å². The van der Waals surface area contributed by atoms with E-state index in [2.05, 4.69) is 6.58 Å². The number of hydrogen-bond donors (Lipinski definition) is 0. The van der Waals surface area contributed by atoms with Crippen molar-refractivity contribution in [2.75, 3.05) is 6.54 Å². The van der Waals surface area contributed by atoms with Gasteiger partial charge in [-0.25, -0.2) is 13.2 Å². The number of likely N-dealkylation sites (tertiary alicyclic amines) is 1. The van der Waals surface area contributed by atoms with E-state index in [1.54, 1.807) is 13.0 Å². The van der Waals surface area contributed by atoms with Gasteiger partial charge in [-0.2, -0.15) is 0 Å². The zero-order valence-corrected chi connectivity index (χ0v) is 12.6. The van der Waals surface area contributed by atoms with Gasteiger partial charge in [-0.1, -0.05) is 18.7 Å². The fourth-order valence-corrected chi connectivity index (χ4v) is 3.08. The van der Waals surface area contributed by atoms with Crippen LogP contribution in [0.5, 0.6) is 0 Å². The zero-order valence-electron chi connectivity index (χ0n) is 12.6. The molecule has 0 bridgehead atoms. The second-order valence-electron chi connectivity index (χ2n) is 5.76. The number of allylic oxidation sites excluding steroid dienone is 5. The second-order valence-corrected chi connectivity index (χ2v) is 5.76. The smallest absolute Gasteiger partial charge is 0.266 e. The van der Waals surface area contributed by atoms with Gasteiger partial charge < -0.3 is 4.90 Å². The van der Waals surface area contributed by atoms with Gasteiger partial charge in [-0.15, -0.1) is 0 Å². The predicted molar refractivity (Wildman–Crippen MR) is 79.8 cm³/mol. The molecular weight excluding hydrogens is 275 g/mol. The summed E-state index contributed by atoms with van der Waals surface area (Å²) in [6.45, 7) is 7.17. The molecule has 1 saturated heterocycles. The van der Waals surface area contributed by atoms with Gasteiger partial charge in [0.15, 0.2) is 0 Å². The lowest BCUT2D eigenvalue weighted by Gasteiger charge is -2.31. The number of rotatable bonds is 4. The number of hydrogen-bond acceptors (Lipinski definition) is 1. The van der Waals surface area contributed by atoms with Crippen LogP contribution in [0.1, 0.15) is 39.5 Å². The highest BCUT2D eigenvalue weighted by Gasteiger charge is 2.33. The molecule has 1 atom stereocenters. The molecule has 1 fully saturated rings. The van der Waals surface area contributed by atoms with Crippen LogP contribution in [0.15, 0.2) is 47.5 Å². The molecule has 0 aromatic heterocycles. The van der Waals surface area contributed by atoms with Crippen LogP contribution in [0.2, 0.25) is 0 Å². The molecule has 0 saturated carbocycles. The highest BCUT2D eigenvalue weighted by Crippen LogP contribution is 2.37. The van der Waals surface area contributed by atoms with E-state index in [0.29, 0.717) is 18.5 Å². The Balaban J connectivity index is 2.17. The highest BCUT2D eigenvalue weighted by atomic mass is 19.3. The maximum Gasteiger partial charge on any atom is 0.266 e. The summed E-state index contributed by atoms with van der Waals surface area (Å²) in [6, 6.07) is 0.0893. The van der Waals surface area contributed by atoms with Crippen LogP contribution in [-0.4, -0.2) is 23.4 Å². The molecule has 0 spiro atoms. The van der Waals surface area contributed by atoms with Crippen molar-refractivity contribution in [3.8, 4) is 0 Å². The minimum absolute atomic E-state index is 0.0893. The average molecular weight is 297 g/mol. The molecule has 4 heteroatoms.